The molecule has 0 aromatic carbocycles. The molecule has 1 heterocycles. The molecule has 1 saturated carbocycles. The second-order valence-electron chi connectivity index (χ2n) is 3.86. The SMILES string of the molecule is CC1CNC2CCCC2C1=O. The lowest BCUT2D eigenvalue weighted by molar-refractivity contribution is -0.128. The van der Waals surface area contributed by atoms with Crippen LogP contribution < -0.4 is 5.32 Å². The summed E-state index contributed by atoms with van der Waals surface area (Å²) in [6, 6.07) is 0.527. The number of piperidine rings is 1. The van der Waals surface area contributed by atoms with E-state index < -0.39 is 0 Å². The molecule has 3 atom stereocenters. The zero-order valence-corrected chi connectivity index (χ0v) is 6.97. The summed E-state index contributed by atoms with van der Waals surface area (Å²) in [5, 5.41) is 3.44. The lowest BCUT2D eigenvalue weighted by Gasteiger charge is -2.29. The fourth-order valence-corrected chi connectivity index (χ4v) is 2.34. The van der Waals surface area contributed by atoms with E-state index in [4.69, 9.17) is 0 Å². The molecule has 2 heteroatoms. The Balaban J connectivity index is 2.12. The molecule has 1 saturated heterocycles. The van der Waals surface area contributed by atoms with Crippen LogP contribution in [0, 0.1) is 11.8 Å². The Bertz CT molecular complexity index is 178. The van der Waals surface area contributed by atoms with E-state index in [1.807, 2.05) is 6.92 Å². The van der Waals surface area contributed by atoms with Crippen molar-refractivity contribution in [2.45, 2.75) is 32.2 Å². The average Bonchev–Trinajstić information content (AvgIpc) is 2.45. The maximum atomic E-state index is 11.6. The molecule has 1 aliphatic carbocycles. The predicted molar refractivity (Wildman–Crippen MR) is 43.3 cm³/mol. The van der Waals surface area contributed by atoms with Crippen molar-refractivity contribution in [1.82, 2.24) is 5.32 Å². The zero-order valence-electron chi connectivity index (χ0n) is 6.97. The molecular weight excluding hydrogens is 138 g/mol. The summed E-state index contributed by atoms with van der Waals surface area (Å²) in [7, 11) is 0. The average molecular weight is 153 g/mol. The molecule has 11 heavy (non-hydrogen) atoms. The minimum absolute atomic E-state index is 0.259. The molecule has 0 bridgehead atoms. The largest absolute Gasteiger partial charge is 0.313 e. The van der Waals surface area contributed by atoms with Crippen LogP contribution in [0.1, 0.15) is 26.2 Å². The monoisotopic (exact) mass is 153 g/mol. The van der Waals surface area contributed by atoms with Crippen LogP contribution in [0.15, 0.2) is 0 Å². The summed E-state index contributed by atoms with van der Waals surface area (Å²) in [6.07, 6.45) is 3.57. The Morgan fingerprint density at radius 3 is 3.09 bits per heavy atom. The van der Waals surface area contributed by atoms with E-state index in [1.165, 1.54) is 12.8 Å². The summed E-state index contributed by atoms with van der Waals surface area (Å²) in [4.78, 5) is 11.6. The van der Waals surface area contributed by atoms with Gasteiger partial charge in [-0.05, 0) is 12.8 Å². The molecule has 2 nitrogen and oxygen atoms in total. The van der Waals surface area contributed by atoms with Crippen LogP contribution in [-0.4, -0.2) is 18.4 Å². The summed E-state index contributed by atoms with van der Waals surface area (Å²) >= 11 is 0. The summed E-state index contributed by atoms with van der Waals surface area (Å²) in [6.45, 7) is 2.93. The first-order chi connectivity index (χ1) is 5.29. The molecular formula is C9H15NO. The number of ketones is 1. The molecule has 62 valence electrons. The van der Waals surface area contributed by atoms with Gasteiger partial charge in [0.2, 0.25) is 0 Å². The van der Waals surface area contributed by atoms with Crippen molar-refractivity contribution in [3.05, 3.63) is 0 Å². The van der Waals surface area contributed by atoms with Crippen LogP contribution in [0.3, 0.4) is 0 Å². The van der Waals surface area contributed by atoms with Crippen molar-refractivity contribution in [3.63, 3.8) is 0 Å². The van der Waals surface area contributed by atoms with E-state index in [0.717, 1.165) is 13.0 Å². The van der Waals surface area contributed by atoms with Gasteiger partial charge in [0.05, 0.1) is 0 Å². The van der Waals surface area contributed by atoms with Crippen LogP contribution in [0.25, 0.3) is 0 Å². The number of nitrogens with one attached hydrogen (secondary N) is 1. The van der Waals surface area contributed by atoms with E-state index in [2.05, 4.69) is 5.32 Å². The first-order valence-corrected chi connectivity index (χ1v) is 4.56. The van der Waals surface area contributed by atoms with E-state index in [0.29, 0.717) is 17.7 Å². The minimum Gasteiger partial charge on any atom is -0.313 e. The summed E-state index contributed by atoms with van der Waals surface area (Å²) in [5.74, 6) is 1.12. The number of carbonyl (C=O) groups excluding carboxylic acids is 1. The van der Waals surface area contributed by atoms with E-state index in [9.17, 15) is 4.79 Å². The second kappa shape index (κ2) is 2.59. The highest BCUT2D eigenvalue weighted by atomic mass is 16.1. The van der Waals surface area contributed by atoms with E-state index >= 15 is 0 Å². The molecule has 0 aromatic rings. The third kappa shape index (κ3) is 1.09. The Kier molecular flexibility index (Phi) is 1.72. The number of Topliss-reactive ketones (excluding diaryl/α,β-unsaturated/α-hetero) is 1. The van der Waals surface area contributed by atoms with Crippen LogP contribution in [-0.2, 0) is 4.79 Å². The van der Waals surface area contributed by atoms with Gasteiger partial charge < -0.3 is 5.32 Å². The molecule has 0 amide bonds. The van der Waals surface area contributed by atoms with Crippen molar-refractivity contribution < 1.29 is 4.79 Å². The fraction of sp³-hybridized carbons (Fsp3) is 0.889. The molecule has 1 aliphatic heterocycles. The lowest BCUT2D eigenvalue weighted by atomic mass is 9.86. The highest BCUT2D eigenvalue weighted by Gasteiger charge is 2.38. The van der Waals surface area contributed by atoms with Gasteiger partial charge in [-0.15, -0.1) is 0 Å². The van der Waals surface area contributed by atoms with Crippen molar-refractivity contribution >= 4 is 5.78 Å². The van der Waals surface area contributed by atoms with Crippen LogP contribution in [0.5, 0.6) is 0 Å². The van der Waals surface area contributed by atoms with Crippen molar-refractivity contribution in [1.29, 1.82) is 0 Å². The number of hydrogen-bond acceptors (Lipinski definition) is 2. The Hall–Kier alpha value is -0.370. The fourth-order valence-electron chi connectivity index (χ4n) is 2.34. The van der Waals surface area contributed by atoms with Gasteiger partial charge >= 0.3 is 0 Å². The Labute approximate surface area is 67.4 Å². The molecule has 0 spiro atoms. The van der Waals surface area contributed by atoms with Crippen molar-refractivity contribution in [3.8, 4) is 0 Å². The Morgan fingerprint density at radius 1 is 1.45 bits per heavy atom. The van der Waals surface area contributed by atoms with Gasteiger partial charge in [-0.2, -0.15) is 0 Å². The zero-order chi connectivity index (χ0) is 7.84. The van der Waals surface area contributed by atoms with Crippen molar-refractivity contribution in [2.75, 3.05) is 6.54 Å². The van der Waals surface area contributed by atoms with Gasteiger partial charge in [-0.1, -0.05) is 13.3 Å². The van der Waals surface area contributed by atoms with Gasteiger partial charge in [0.15, 0.2) is 0 Å². The first-order valence-electron chi connectivity index (χ1n) is 4.56. The number of fused-ring (bicyclic) bond motifs is 1. The summed E-state index contributed by atoms with van der Waals surface area (Å²) < 4.78 is 0. The first kappa shape index (κ1) is 7.29. The quantitative estimate of drug-likeness (QED) is 0.561. The van der Waals surface area contributed by atoms with Crippen LogP contribution in [0.2, 0.25) is 0 Å². The normalized spacial score (nSPS) is 44.1. The molecule has 2 rings (SSSR count). The number of rotatable bonds is 0. The van der Waals surface area contributed by atoms with Gasteiger partial charge in [-0.3, -0.25) is 4.79 Å². The smallest absolute Gasteiger partial charge is 0.141 e. The van der Waals surface area contributed by atoms with Crippen molar-refractivity contribution in [2.24, 2.45) is 11.8 Å². The summed E-state index contributed by atoms with van der Waals surface area (Å²) in [5.41, 5.74) is 0. The number of hydrogen-bond donors (Lipinski definition) is 1. The predicted octanol–water partition coefficient (Wildman–Crippen LogP) is 0.964. The molecule has 3 unspecified atom stereocenters. The highest BCUT2D eigenvalue weighted by Crippen LogP contribution is 2.31. The molecule has 0 radical (unpaired) electrons. The lowest BCUT2D eigenvalue weighted by Crippen LogP contribution is -2.47. The standard InChI is InChI=1S/C9H15NO/c1-6-5-10-8-4-2-3-7(8)9(6)11/h6-8,10H,2-5H2,1H3. The van der Waals surface area contributed by atoms with Gasteiger partial charge in [0.1, 0.15) is 5.78 Å². The number of carbonyl (C=O) groups is 1. The Morgan fingerprint density at radius 2 is 2.27 bits per heavy atom. The maximum absolute atomic E-state index is 11.6. The minimum atomic E-state index is 0.259. The van der Waals surface area contributed by atoms with E-state index in [1.54, 1.807) is 0 Å². The molecule has 1 N–H and O–H groups in total. The second-order valence-corrected chi connectivity index (χ2v) is 3.86. The third-order valence-corrected chi connectivity index (χ3v) is 3.05. The molecule has 2 fully saturated rings. The highest BCUT2D eigenvalue weighted by molar-refractivity contribution is 5.85. The maximum Gasteiger partial charge on any atom is 0.141 e. The molecule has 0 aromatic heterocycles. The van der Waals surface area contributed by atoms with Gasteiger partial charge in [0, 0.05) is 24.4 Å². The topological polar surface area (TPSA) is 29.1 Å². The van der Waals surface area contributed by atoms with Crippen LogP contribution >= 0.6 is 0 Å². The van der Waals surface area contributed by atoms with Gasteiger partial charge in [0.25, 0.3) is 0 Å². The van der Waals surface area contributed by atoms with E-state index in [-0.39, 0.29) is 5.92 Å². The third-order valence-electron chi connectivity index (χ3n) is 3.05. The van der Waals surface area contributed by atoms with Crippen LogP contribution in [0.4, 0.5) is 0 Å². The molecule has 2 aliphatic rings. The van der Waals surface area contributed by atoms with Gasteiger partial charge in [-0.25, -0.2) is 0 Å².